The predicted octanol–water partition coefficient (Wildman–Crippen LogP) is 1.16. The van der Waals surface area contributed by atoms with Gasteiger partial charge in [-0.15, -0.1) is 5.10 Å². The second kappa shape index (κ2) is 4.86. The smallest absolute Gasteiger partial charge is 0.277 e. The molecule has 0 amide bonds. The molecule has 0 spiro atoms. The lowest BCUT2D eigenvalue weighted by Crippen LogP contribution is -2.24. The van der Waals surface area contributed by atoms with E-state index in [-0.39, 0.29) is 11.3 Å². The Morgan fingerprint density at radius 1 is 1.35 bits per heavy atom. The van der Waals surface area contributed by atoms with Gasteiger partial charge in [0.1, 0.15) is 11.3 Å². The number of hydrogen-bond donors (Lipinski definition) is 0. The van der Waals surface area contributed by atoms with Crippen molar-refractivity contribution in [3.8, 4) is 0 Å². The minimum Gasteiger partial charge on any atom is -0.300 e. The summed E-state index contributed by atoms with van der Waals surface area (Å²) in [5.74, 6) is 0.117. The van der Waals surface area contributed by atoms with Crippen LogP contribution in [0.1, 0.15) is 19.8 Å². The van der Waals surface area contributed by atoms with Crippen LogP contribution in [0.15, 0.2) is 29.1 Å². The first-order valence-electron chi connectivity index (χ1n) is 5.50. The van der Waals surface area contributed by atoms with E-state index in [1.165, 1.54) is 11.6 Å². The van der Waals surface area contributed by atoms with Gasteiger partial charge in [0.2, 0.25) is 0 Å². The molecule has 0 aliphatic carbocycles. The fourth-order valence-corrected chi connectivity index (χ4v) is 1.65. The van der Waals surface area contributed by atoms with E-state index in [1.54, 1.807) is 18.2 Å². The quantitative estimate of drug-likeness (QED) is 0.792. The van der Waals surface area contributed by atoms with Crippen LogP contribution in [0, 0.1) is 0 Å². The predicted molar refractivity (Wildman–Crippen MR) is 63.7 cm³/mol. The number of aromatic nitrogens is 3. The van der Waals surface area contributed by atoms with Gasteiger partial charge in [-0.3, -0.25) is 4.79 Å². The minimum atomic E-state index is -0.154. The van der Waals surface area contributed by atoms with Gasteiger partial charge in [-0.25, -0.2) is 4.68 Å². The first kappa shape index (κ1) is 11.4. The summed E-state index contributed by atoms with van der Waals surface area (Å²) in [6.07, 6.45) is 1.07. The zero-order chi connectivity index (χ0) is 12.3. The third-order valence-electron chi connectivity index (χ3n) is 2.53. The Bertz CT molecular complexity index is 604. The topological polar surface area (TPSA) is 64.8 Å². The maximum Gasteiger partial charge on any atom is 0.277 e. The van der Waals surface area contributed by atoms with Crippen molar-refractivity contribution in [3.05, 3.63) is 34.6 Å². The van der Waals surface area contributed by atoms with Crippen LogP contribution in [0.25, 0.3) is 10.9 Å². The average molecular weight is 231 g/mol. The van der Waals surface area contributed by atoms with E-state index < -0.39 is 0 Å². The van der Waals surface area contributed by atoms with Gasteiger partial charge in [0, 0.05) is 13.0 Å². The summed E-state index contributed by atoms with van der Waals surface area (Å²) in [6, 6.07) is 7.10. The summed E-state index contributed by atoms with van der Waals surface area (Å²) >= 11 is 0. The highest BCUT2D eigenvalue weighted by Gasteiger charge is 2.04. The zero-order valence-electron chi connectivity index (χ0n) is 9.59. The molecule has 0 fully saturated rings. The third-order valence-corrected chi connectivity index (χ3v) is 2.53. The average Bonchev–Trinajstić information content (AvgIpc) is 2.32. The normalized spacial score (nSPS) is 10.6. The Morgan fingerprint density at radius 3 is 2.88 bits per heavy atom. The second-order valence-electron chi connectivity index (χ2n) is 3.94. The van der Waals surface area contributed by atoms with Crippen molar-refractivity contribution < 1.29 is 4.79 Å². The minimum absolute atomic E-state index is 0.117. The lowest BCUT2D eigenvalue weighted by Gasteiger charge is -2.03. The van der Waals surface area contributed by atoms with E-state index >= 15 is 0 Å². The largest absolute Gasteiger partial charge is 0.300 e. The van der Waals surface area contributed by atoms with Crippen LogP contribution >= 0.6 is 0 Å². The van der Waals surface area contributed by atoms with E-state index in [9.17, 15) is 9.59 Å². The Labute approximate surface area is 98.1 Å². The molecular weight excluding hydrogens is 218 g/mol. The molecule has 0 aliphatic rings. The number of hydrogen-bond acceptors (Lipinski definition) is 4. The number of nitrogens with zero attached hydrogens (tertiary/aromatic N) is 3. The Balaban J connectivity index is 2.27. The van der Waals surface area contributed by atoms with Gasteiger partial charge in [0.05, 0.1) is 5.39 Å². The second-order valence-corrected chi connectivity index (χ2v) is 3.94. The SMILES string of the molecule is CC(=O)CCCn1nnc2ccccc2c1=O. The third kappa shape index (κ3) is 2.55. The maximum atomic E-state index is 12.0. The number of Topliss-reactive ketones (excluding diaryl/α,β-unsaturated/α-hetero) is 1. The number of carbonyl (C=O) groups is 1. The van der Waals surface area contributed by atoms with Gasteiger partial charge in [0.25, 0.3) is 5.56 Å². The lowest BCUT2D eigenvalue weighted by molar-refractivity contribution is -0.117. The molecule has 0 atom stereocenters. The molecule has 2 rings (SSSR count). The van der Waals surface area contributed by atoms with Crippen molar-refractivity contribution in [1.82, 2.24) is 15.0 Å². The molecule has 5 heteroatoms. The lowest BCUT2D eigenvalue weighted by atomic mass is 10.2. The molecule has 0 radical (unpaired) electrons. The summed E-state index contributed by atoms with van der Waals surface area (Å²) in [4.78, 5) is 22.8. The molecule has 0 saturated carbocycles. The molecule has 0 N–H and O–H groups in total. The summed E-state index contributed by atoms with van der Waals surface area (Å²) in [5.41, 5.74) is 0.444. The van der Waals surface area contributed by atoms with Crippen molar-refractivity contribution in [3.63, 3.8) is 0 Å². The number of benzene rings is 1. The summed E-state index contributed by atoms with van der Waals surface area (Å²) in [7, 11) is 0. The molecule has 0 saturated heterocycles. The van der Waals surface area contributed by atoms with Crippen molar-refractivity contribution in [2.24, 2.45) is 0 Å². The number of ketones is 1. The van der Waals surface area contributed by atoms with Gasteiger partial charge in [-0.2, -0.15) is 0 Å². The highest BCUT2D eigenvalue weighted by molar-refractivity contribution is 5.76. The number of carbonyl (C=O) groups excluding carboxylic acids is 1. The first-order chi connectivity index (χ1) is 8.18. The highest BCUT2D eigenvalue weighted by atomic mass is 16.1. The summed E-state index contributed by atoms with van der Waals surface area (Å²) in [6.45, 7) is 1.96. The van der Waals surface area contributed by atoms with Crippen molar-refractivity contribution >= 4 is 16.7 Å². The monoisotopic (exact) mass is 231 g/mol. The van der Waals surface area contributed by atoms with Crippen LogP contribution in [-0.2, 0) is 11.3 Å². The molecule has 0 unspecified atom stereocenters. The molecule has 1 aromatic heterocycles. The molecule has 1 aromatic carbocycles. The van der Waals surface area contributed by atoms with Crippen LogP contribution in [0.4, 0.5) is 0 Å². The van der Waals surface area contributed by atoms with E-state index in [2.05, 4.69) is 10.3 Å². The molecule has 0 aliphatic heterocycles. The van der Waals surface area contributed by atoms with Crippen LogP contribution < -0.4 is 5.56 Å². The Morgan fingerprint density at radius 2 is 2.12 bits per heavy atom. The Kier molecular flexibility index (Phi) is 3.27. The molecule has 0 bridgehead atoms. The van der Waals surface area contributed by atoms with Gasteiger partial charge < -0.3 is 4.79 Å². The van der Waals surface area contributed by atoms with Gasteiger partial charge >= 0.3 is 0 Å². The number of aryl methyl sites for hydroxylation is 1. The van der Waals surface area contributed by atoms with Crippen LogP contribution in [-0.4, -0.2) is 20.8 Å². The summed E-state index contributed by atoms with van der Waals surface area (Å²) < 4.78 is 1.31. The zero-order valence-corrected chi connectivity index (χ0v) is 9.59. The van der Waals surface area contributed by atoms with Gasteiger partial charge in [0.15, 0.2) is 0 Å². The van der Waals surface area contributed by atoms with E-state index in [0.717, 1.165) is 0 Å². The fourth-order valence-electron chi connectivity index (χ4n) is 1.65. The first-order valence-corrected chi connectivity index (χ1v) is 5.50. The van der Waals surface area contributed by atoms with Crippen LogP contribution in [0.5, 0.6) is 0 Å². The van der Waals surface area contributed by atoms with Crippen LogP contribution in [0.2, 0.25) is 0 Å². The van der Waals surface area contributed by atoms with Crippen LogP contribution in [0.3, 0.4) is 0 Å². The molecule has 1 heterocycles. The van der Waals surface area contributed by atoms with Crippen molar-refractivity contribution in [1.29, 1.82) is 0 Å². The fraction of sp³-hybridized carbons (Fsp3) is 0.333. The molecule has 88 valence electrons. The van der Waals surface area contributed by atoms with Gasteiger partial charge in [-0.05, 0) is 25.5 Å². The van der Waals surface area contributed by atoms with Crippen molar-refractivity contribution in [2.45, 2.75) is 26.3 Å². The highest BCUT2D eigenvalue weighted by Crippen LogP contribution is 2.03. The molecule has 17 heavy (non-hydrogen) atoms. The number of rotatable bonds is 4. The molecule has 2 aromatic rings. The van der Waals surface area contributed by atoms with Gasteiger partial charge in [-0.1, -0.05) is 17.3 Å². The van der Waals surface area contributed by atoms with E-state index in [4.69, 9.17) is 0 Å². The molecular formula is C12H13N3O2. The van der Waals surface area contributed by atoms with E-state index in [0.29, 0.717) is 30.3 Å². The number of fused-ring (bicyclic) bond motifs is 1. The van der Waals surface area contributed by atoms with E-state index in [1.807, 2.05) is 6.07 Å². The maximum absolute atomic E-state index is 12.0. The molecule has 5 nitrogen and oxygen atoms in total. The standard InChI is InChI=1S/C12H13N3O2/c1-9(16)5-4-8-15-12(17)10-6-2-3-7-11(10)13-14-15/h2-3,6-7H,4-5,8H2,1H3. The summed E-state index contributed by atoms with van der Waals surface area (Å²) in [5, 5.41) is 8.37. The Hall–Kier alpha value is -2.04. The van der Waals surface area contributed by atoms with Crippen molar-refractivity contribution in [2.75, 3.05) is 0 Å².